The largest absolute Gasteiger partial charge is 0.381 e. The van der Waals surface area contributed by atoms with Gasteiger partial charge in [-0.05, 0) is 62.4 Å². The van der Waals surface area contributed by atoms with Gasteiger partial charge in [0.2, 0.25) is 0 Å². The number of benzene rings is 1. The lowest BCUT2D eigenvalue weighted by Gasteiger charge is -2.37. The zero-order valence-corrected chi connectivity index (χ0v) is 19.6. The molecule has 2 aliphatic heterocycles. The Morgan fingerprint density at radius 2 is 1.94 bits per heavy atom. The van der Waals surface area contributed by atoms with E-state index in [-0.39, 0.29) is 5.56 Å². The summed E-state index contributed by atoms with van der Waals surface area (Å²) < 4.78 is 5.32. The maximum absolute atomic E-state index is 12.9. The van der Waals surface area contributed by atoms with E-state index in [0.717, 1.165) is 80.6 Å². The molecule has 3 N–H and O–H groups in total. The third-order valence-electron chi connectivity index (χ3n) is 8.02. The van der Waals surface area contributed by atoms with Gasteiger partial charge in [0.15, 0.2) is 0 Å². The predicted octanol–water partition coefficient (Wildman–Crippen LogP) is 3.97. The van der Waals surface area contributed by atoms with Crippen LogP contribution >= 0.6 is 0 Å². The molecular formula is C27H28N6O2. The first-order valence-corrected chi connectivity index (χ1v) is 12.7. The van der Waals surface area contributed by atoms with Crippen molar-refractivity contribution in [3.63, 3.8) is 0 Å². The molecule has 8 nitrogen and oxygen atoms in total. The quantitative estimate of drug-likeness (QED) is 0.410. The highest BCUT2D eigenvalue weighted by Gasteiger charge is 2.31. The Labute approximate surface area is 202 Å². The van der Waals surface area contributed by atoms with Gasteiger partial charge in [0.1, 0.15) is 17.5 Å². The summed E-state index contributed by atoms with van der Waals surface area (Å²) in [5.74, 6) is 2.16. The zero-order valence-electron chi connectivity index (χ0n) is 19.6. The van der Waals surface area contributed by atoms with Crippen molar-refractivity contribution in [2.75, 3.05) is 32.8 Å². The van der Waals surface area contributed by atoms with Crippen molar-refractivity contribution in [2.24, 2.45) is 5.92 Å². The lowest BCUT2D eigenvalue weighted by atomic mass is 9.89. The number of hydrogen-bond acceptors (Lipinski definition) is 5. The molecule has 7 rings (SSSR count). The van der Waals surface area contributed by atoms with Gasteiger partial charge in [-0.2, -0.15) is 5.26 Å². The number of ether oxygens (including phenoxy) is 1. The first-order valence-electron chi connectivity index (χ1n) is 12.7. The van der Waals surface area contributed by atoms with Crippen molar-refractivity contribution >= 4 is 21.9 Å². The normalized spacial score (nSPS) is 19.9. The molecule has 1 aromatic carbocycles. The molecular weight excluding hydrogens is 440 g/mol. The minimum atomic E-state index is -0.214. The van der Waals surface area contributed by atoms with Gasteiger partial charge in [0, 0.05) is 35.7 Å². The molecule has 0 atom stereocenters. The maximum atomic E-state index is 12.9. The third-order valence-corrected chi connectivity index (χ3v) is 8.02. The topological polar surface area (TPSA) is 114 Å². The standard InChI is InChI=1S/C27H28N6O2/c28-10-19-20-11-29-27(34)23(25(20)32-24(19)17-1-2-17)26-30-21-4-3-18(9-22(21)31-26)16-5-7-33(8-6-16)12-15-13-35-14-15/h3-4,9,11,15-17,32H,1-2,5-8,12-14H2,(H,29,34)(H,30,31). The molecule has 2 saturated heterocycles. The number of piperidine rings is 1. The van der Waals surface area contributed by atoms with Gasteiger partial charge in [-0.1, -0.05) is 6.07 Å². The Bertz CT molecular complexity index is 1520. The number of H-pyrrole nitrogens is 3. The zero-order chi connectivity index (χ0) is 23.5. The van der Waals surface area contributed by atoms with Crippen LogP contribution in [0.4, 0.5) is 0 Å². The van der Waals surface area contributed by atoms with E-state index >= 15 is 0 Å². The number of likely N-dealkylation sites (tertiary alicyclic amines) is 1. The molecule has 0 unspecified atom stereocenters. The van der Waals surface area contributed by atoms with Crippen LogP contribution in [-0.4, -0.2) is 57.7 Å². The van der Waals surface area contributed by atoms with E-state index in [9.17, 15) is 10.1 Å². The van der Waals surface area contributed by atoms with Crippen LogP contribution in [0.15, 0.2) is 29.2 Å². The fourth-order valence-electron chi connectivity index (χ4n) is 5.82. The van der Waals surface area contributed by atoms with Gasteiger partial charge >= 0.3 is 0 Å². The van der Waals surface area contributed by atoms with E-state index in [4.69, 9.17) is 9.72 Å². The Morgan fingerprint density at radius 1 is 1.11 bits per heavy atom. The van der Waals surface area contributed by atoms with Gasteiger partial charge in [-0.3, -0.25) is 4.79 Å². The third kappa shape index (κ3) is 3.58. The molecule has 0 spiro atoms. The number of aromatic nitrogens is 4. The second kappa shape index (κ2) is 8.08. The average Bonchev–Trinajstić information content (AvgIpc) is 3.50. The van der Waals surface area contributed by atoms with Crippen LogP contribution in [0.5, 0.6) is 0 Å². The fourth-order valence-corrected chi connectivity index (χ4v) is 5.82. The fraction of sp³-hybridized carbons (Fsp3) is 0.444. The molecule has 4 aromatic rings. The highest BCUT2D eigenvalue weighted by Crippen LogP contribution is 2.43. The van der Waals surface area contributed by atoms with Crippen LogP contribution in [0, 0.1) is 17.2 Å². The first kappa shape index (κ1) is 20.9. The smallest absolute Gasteiger partial charge is 0.261 e. The second-order valence-corrected chi connectivity index (χ2v) is 10.4. The minimum Gasteiger partial charge on any atom is -0.381 e. The number of nitrogens with one attached hydrogen (secondary N) is 3. The van der Waals surface area contributed by atoms with Gasteiger partial charge in [0.05, 0.1) is 35.3 Å². The summed E-state index contributed by atoms with van der Waals surface area (Å²) in [6.07, 6.45) is 6.10. The molecule has 5 heterocycles. The molecule has 0 amide bonds. The molecule has 0 bridgehead atoms. The number of rotatable bonds is 5. The molecule has 35 heavy (non-hydrogen) atoms. The highest BCUT2D eigenvalue weighted by atomic mass is 16.5. The Balaban J connectivity index is 1.20. The Kier molecular flexibility index (Phi) is 4.83. The Morgan fingerprint density at radius 3 is 2.66 bits per heavy atom. The highest BCUT2D eigenvalue weighted by molar-refractivity contribution is 5.97. The number of aromatic amines is 3. The van der Waals surface area contributed by atoms with Crippen molar-refractivity contribution < 1.29 is 4.74 Å². The monoisotopic (exact) mass is 468 g/mol. The number of nitriles is 1. The lowest BCUT2D eigenvalue weighted by molar-refractivity contribution is -0.0487. The summed E-state index contributed by atoms with van der Waals surface area (Å²) in [7, 11) is 0. The molecule has 3 aromatic heterocycles. The average molecular weight is 469 g/mol. The molecule has 8 heteroatoms. The molecule has 3 aliphatic rings. The molecule has 0 radical (unpaired) electrons. The van der Waals surface area contributed by atoms with Gasteiger partial charge in [-0.15, -0.1) is 0 Å². The van der Waals surface area contributed by atoms with Gasteiger partial charge in [0.25, 0.3) is 5.56 Å². The van der Waals surface area contributed by atoms with Gasteiger partial charge in [-0.25, -0.2) is 4.98 Å². The van der Waals surface area contributed by atoms with E-state index < -0.39 is 0 Å². The molecule has 1 aliphatic carbocycles. The molecule has 3 fully saturated rings. The van der Waals surface area contributed by atoms with E-state index in [1.165, 1.54) is 5.56 Å². The second-order valence-electron chi connectivity index (χ2n) is 10.4. The number of imidazole rings is 1. The summed E-state index contributed by atoms with van der Waals surface area (Å²) in [6.45, 7) is 5.23. The van der Waals surface area contributed by atoms with Gasteiger partial charge < -0.3 is 24.6 Å². The number of pyridine rings is 1. The SMILES string of the molecule is N#Cc1c(C2CC2)[nH]c2c(-c3nc4cc(C5CCN(CC6COC6)CC5)ccc4[nH]3)c(=O)[nH]cc12. The summed E-state index contributed by atoms with van der Waals surface area (Å²) in [5, 5.41) is 10.5. The van der Waals surface area contributed by atoms with Crippen LogP contribution in [0.2, 0.25) is 0 Å². The van der Waals surface area contributed by atoms with E-state index in [0.29, 0.717) is 40.2 Å². The summed E-state index contributed by atoms with van der Waals surface area (Å²) in [6, 6.07) is 8.79. The maximum Gasteiger partial charge on any atom is 0.261 e. The van der Waals surface area contributed by atoms with Crippen molar-refractivity contribution in [1.29, 1.82) is 5.26 Å². The van der Waals surface area contributed by atoms with Crippen molar-refractivity contribution in [2.45, 2.75) is 37.5 Å². The van der Waals surface area contributed by atoms with E-state index in [1.807, 2.05) is 0 Å². The number of nitrogens with zero attached hydrogens (tertiary/aromatic N) is 3. The predicted molar refractivity (Wildman–Crippen MR) is 133 cm³/mol. The van der Waals surface area contributed by atoms with Crippen LogP contribution < -0.4 is 5.56 Å². The summed E-state index contributed by atoms with van der Waals surface area (Å²) in [5.41, 5.74) is 5.63. The van der Waals surface area contributed by atoms with E-state index in [1.54, 1.807) is 6.20 Å². The van der Waals surface area contributed by atoms with Crippen LogP contribution in [-0.2, 0) is 4.74 Å². The number of fused-ring (bicyclic) bond motifs is 2. The van der Waals surface area contributed by atoms with Crippen molar-refractivity contribution in [3.8, 4) is 17.5 Å². The molecule has 178 valence electrons. The van der Waals surface area contributed by atoms with Crippen molar-refractivity contribution in [1.82, 2.24) is 24.8 Å². The number of hydrogen-bond donors (Lipinski definition) is 3. The summed E-state index contributed by atoms with van der Waals surface area (Å²) in [4.78, 5) is 29.9. The Hall–Kier alpha value is -3.41. The van der Waals surface area contributed by atoms with E-state index in [2.05, 4.69) is 44.1 Å². The first-order chi connectivity index (χ1) is 17.2. The molecule has 1 saturated carbocycles. The summed E-state index contributed by atoms with van der Waals surface area (Å²) >= 11 is 0. The van der Waals surface area contributed by atoms with Crippen LogP contribution in [0.1, 0.15) is 54.3 Å². The van der Waals surface area contributed by atoms with Crippen LogP contribution in [0.25, 0.3) is 33.3 Å². The van der Waals surface area contributed by atoms with Crippen molar-refractivity contribution in [3.05, 3.63) is 51.6 Å². The lowest BCUT2D eigenvalue weighted by Crippen LogP contribution is -2.42. The minimum absolute atomic E-state index is 0.214. The van der Waals surface area contributed by atoms with Crippen LogP contribution in [0.3, 0.4) is 0 Å².